The van der Waals surface area contributed by atoms with Crippen molar-refractivity contribution in [3.8, 4) is 11.8 Å². The zero-order valence-electron chi connectivity index (χ0n) is 32.8. The number of carbonyl (C=O) groups excluding carboxylic acids is 2. The third-order valence-corrected chi connectivity index (χ3v) is 14.0. The van der Waals surface area contributed by atoms with Gasteiger partial charge in [-0.25, -0.2) is 0 Å². The van der Waals surface area contributed by atoms with Crippen LogP contribution >= 0.6 is 0 Å². The number of hydrogen-bond donors (Lipinski definition) is 4. The standard InChI is InChI=1S/C44H68N3O6/c1-4-30-10-12-39(53-29(2)48)26-38(50)21-32(31-11-13-41(51)42(24-31)52-3)14-18-44(16-5-6-17-44)47-43-25-34(15-19-46-43)40(33-8-7-9-37(49)22-33)23-36-28-45-27-35(36)20-30/h27-28,30-34,37,39-43,46-47,49,51H,4-13,15-17,19-26H2,1-3H3/q+1/t30-,31?,32+,33?,34?,37?,39-,40-,41?,42?,43?/m1/s1. The van der Waals surface area contributed by atoms with E-state index in [1.54, 1.807) is 7.11 Å². The maximum atomic E-state index is 13.9. The SMILES string of the molecule is CC[C@@H]1CC[C@@H](OC(C)=O)CC(=O)C[C@@H](C2CCC(O)C(OC)C2)C#CC2(CCCC2)NC2CC(CCN2)[C@@H](C2CCCC(O)C2)CC2=C(C=N[CH+]2)C1. The maximum Gasteiger partial charge on any atom is 0.302 e. The van der Waals surface area contributed by atoms with Crippen LogP contribution in [0, 0.1) is 53.9 Å². The third-order valence-electron chi connectivity index (χ3n) is 14.0. The molecule has 3 aliphatic heterocycles. The molecule has 3 heterocycles. The number of nitrogens with one attached hydrogen (secondary N) is 2. The molecule has 0 aromatic rings. The summed E-state index contributed by atoms with van der Waals surface area (Å²) in [4.78, 5) is 30.9. The molecule has 4 N–H and O–H groups in total. The van der Waals surface area contributed by atoms with Gasteiger partial charge < -0.3 is 25.0 Å². The minimum absolute atomic E-state index is 0.0877. The Morgan fingerprint density at radius 3 is 2.53 bits per heavy atom. The number of Topliss-reactive ketones (excluding diaryl/α,β-unsaturated/α-hetero) is 1. The van der Waals surface area contributed by atoms with E-state index in [1.165, 1.54) is 24.5 Å². The minimum atomic E-state index is -0.499. The van der Waals surface area contributed by atoms with E-state index in [9.17, 15) is 19.8 Å². The summed E-state index contributed by atoms with van der Waals surface area (Å²) >= 11 is 0. The summed E-state index contributed by atoms with van der Waals surface area (Å²) in [7, 11) is 1.66. The normalized spacial score (nSPS) is 38.7. The topological polar surface area (TPSA) is 129 Å². The summed E-state index contributed by atoms with van der Waals surface area (Å²) in [6.07, 6.45) is 18.4. The van der Waals surface area contributed by atoms with Gasteiger partial charge in [-0.3, -0.25) is 14.9 Å². The van der Waals surface area contributed by atoms with Crippen LogP contribution in [0.25, 0.3) is 0 Å². The number of aliphatic hydroxyl groups is 2. The number of rotatable bonds is 5. The lowest BCUT2D eigenvalue weighted by atomic mass is 9.67. The zero-order valence-corrected chi connectivity index (χ0v) is 32.8. The predicted molar refractivity (Wildman–Crippen MR) is 208 cm³/mol. The van der Waals surface area contributed by atoms with E-state index in [4.69, 9.17) is 14.5 Å². The Bertz CT molecular complexity index is 1360. The smallest absolute Gasteiger partial charge is 0.302 e. The lowest BCUT2D eigenvalue weighted by Crippen LogP contribution is -2.57. The van der Waals surface area contributed by atoms with Crippen molar-refractivity contribution in [1.82, 2.24) is 10.6 Å². The molecule has 3 aliphatic carbocycles. The van der Waals surface area contributed by atoms with Gasteiger partial charge in [-0.05, 0) is 113 Å². The fourth-order valence-corrected chi connectivity index (χ4v) is 10.9. The number of fused-ring (bicyclic) bond motifs is 2. The van der Waals surface area contributed by atoms with Gasteiger partial charge in [-0.15, -0.1) is 4.99 Å². The first kappa shape index (κ1) is 40.4. The molecular formula is C44H68N3O6+. The van der Waals surface area contributed by atoms with Gasteiger partial charge >= 0.3 is 5.97 Å². The number of ketones is 1. The fourth-order valence-electron chi connectivity index (χ4n) is 10.9. The van der Waals surface area contributed by atoms with Gasteiger partial charge in [0.25, 0.3) is 0 Å². The maximum absolute atomic E-state index is 13.9. The highest BCUT2D eigenvalue weighted by Crippen LogP contribution is 2.44. The largest absolute Gasteiger partial charge is 0.462 e. The average molecular weight is 735 g/mol. The molecule has 1 saturated heterocycles. The number of aliphatic imine (C=N–C) groups is 1. The Morgan fingerprint density at radius 1 is 0.962 bits per heavy atom. The van der Waals surface area contributed by atoms with Crippen LogP contribution in [0.15, 0.2) is 16.1 Å². The fraction of sp³-hybridized carbons (Fsp3) is 0.818. The van der Waals surface area contributed by atoms with E-state index >= 15 is 0 Å². The number of aliphatic hydroxyl groups excluding tert-OH is 2. The molecule has 3 saturated carbocycles. The van der Waals surface area contributed by atoms with E-state index in [-0.39, 0.29) is 53.9 Å². The lowest BCUT2D eigenvalue weighted by Gasteiger charge is -2.43. The summed E-state index contributed by atoms with van der Waals surface area (Å²) in [5.41, 5.74) is 2.37. The minimum Gasteiger partial charge on any atom is -0.462 e. The van der Waals surface area contributed by atoms with Crippen molar-refractivity contribution < 1.29 is 29.3 Å². The van der Waals surface area contributed by atoms with Crippen LogP contribution < -0.4 is 10.6 Å². The van der Waals surface area contributed by atoms with Gasteiger partial charge in [0.15, 0.2) is 6.21 Å². The lowest BCUT2D eigenvalue weighted by molar-refractivity contribution is -0.148. The van der Waals surface area contributed by atoms with Crippen LogP contribution in [0.4, 0.5) is 0 Å². The van der Waals surface area contributed by atoms with Gasteiger partial charge in [0, 0.05) is 45.6 Å². The molecule has 11 atom stereocenters. The van der Waals surface area contributed by atoms with E-state index in [2.05, 4.69) is 42.2 Å². The number of piperidine rings is 1. The van der Waals surface area contributed by atoms with Crippen molar-refractivity contribution >= 4 is 18.0 Å². The molecule has 0 radical (unpaired) electrons. The molecule has 2 bridgehead atoms. The molecule has 0 amide bonds. The van der Waals surface area contributed by atoms with Gasteiger partial charge in [-0.2, -0.15) is 0 Å². The molecule has 6 rings (SSSR count). The van der Waals surface area contributed by atoms with Gasteiger partial charge in [0.05, 0.1) is 35.6 Å². The van der Waals surface area contributed by atoms with Crippen molar-refractivity contribution in [3.05, 3.63) is 17.7 Å². The molecular weight excluding hydrogens is 666 g/mol. The van der Waals surface area contributed by atoms with E-state index in [1.807, 2.05) is 0 Å². The Balaban J connectivity index is 1.33. The zero-order chi connectivity index (χ0) is 37.4. The van der Waals surface area contributed by atoms with Crippen LogP contribution in [0.3, 0.4) is 0 Å². The molecule has 9 nitrogen and oxygen atoms in total. The van der Waals surface area contributed by atoms with Crippen LogP contribution in [-0.2, 0) is 19.1 Å². The van der Waals surface area contributed by atoms with E-state index in [0.717, 1.165) is 96.4 Å². The molecule has 0 aromatic carbocycles. The van der Waals surface area contributed by atoms with Crippen LogP contribution in [0.2, 0.25) is 0 Å². The molecule has 294 valence electrons. The van der Waals surface area contributed by atoms with E-state index in [0.29, 0.717) is 49.4 Å². The summed E-state index contributed by atoms with van der Waals surface area (Å²) in [5.74, 6) is 9.13. The number of methoxy groups -OCH3 is 1. The second-order valence-electron chi connectivity index (χ2n) is 17.7. The van der Waals surface area contributed by atoms with Gasteiger partial charge in [-0.1, -0.05) is 44.4 Å². The van der Waals surface area contributed by atoms with Crippen molar-refractivity contribution in [2.24, 2.45) is 40.5 Å². The highest BCUT2D eigenvalue weighted by molar-refractivity contribution is 5.84. The Morgan fingerprint density at radius 2 is 1.77 bits per heavy atom. The number of carbonyl (C=O) groups is 2. The number of ether oxygens (including phenoxy) is 2. The first-order valence-corrected chi connectivity index (χ1v) is 21.3. The quantitative estimate of drug-likeness (QED) is 0.141. The first-order chi connectivity index (χ1) is 25.6. The highest BCUT2D eigenvalue weighted by Gasteiger charge is 2.42. The molecule has 1 spiro atoms. The van der Waals surface area contributed by atoms with Gasteiger partial charge in [0.1, 0.15) is 24.0 Å². The van der Waals surface area contributed by atoms with Crippen LogP contribution in [-0.4, -0.2) is 78.0 Å². The van der Waals surface area contributed by atoms with Crippen molar-refractivity contribution in [2.45, 2.75) is 178 Å². The van der Waals surface area contributed by atoms with E-state index < -0.39 is 12.2 Å². The third kappa shape index (κ3) is 11.0. The van der Waals surface area contributed by atoms with Crippen molar-refractivity contribution in [2.75, 3.05) is 13.7 Å². The summed E-state index contributed by atoms with van der Waals surface area (Å²) < 4.78 is 11.5. The van der Waals surface area contributed by atoms with Crippen LogP contribution in [0.5, 0.6) is 0 Å². The number of allylic oxidation sites excluding steroid dienone is 1. The summed E-state index contributed by atoms with van der Waals surface area (Å²) in [6, 6.07) is 0. The Kier molecular flexibility index (Phi) is 14.6. The molecule has 0 aromatic heterocycles. The molecule has 4 fully saturated rings. The molecule has 6 aliphatic rings. The Hall–Kier alpha value is -2.22. The first-order valence-electron chi connectivity index (χ1n) is 21.3. The second-order valence-corrected chi connectivity index (χ2v) is 17.7. The number of hydrogen-bond acceptors (Lipinski definition) is 9. The summed E-state index contributed by atoms with van der Waals surface area (Å²) in [5, 5.41) is 29.4. The van der Waals surface area contributed by atoms with Gasteiger partial charge in [0.2, 0.25) is 0 Å². The monoisotopic (exact) mass is 735 g/mol. The Labute approximate surface area is 319 Å². The molecule has 7 unspecified atom stereocenters. The molecule has 53 heavy (non-hydrogen) atoms. The summed E-state index contributed by atoms with van der Waals surface area (Å²) in [6.45, 7) is 6.73. The second kappa shape index (κ2) is 19.1. The number of esters is 1. The molecule has 9 heteroatoms. The van der Waals surface area contributed by atoms with Crippen molar-refractivity contribution in [3.63, 3.8) is 0 Å². The predicted octanol–water partition coefficient (Wildman–Crippen LogP) is 6.60. The average Bonchev–Trinajstić information content (AvgIpc) is 3.79. The van der Waals surface area contributed by atoms with Crippen molar-refractivity contribution in [1.29, 1.82) is 0 Å². The van der Waals surface area contributed by atoms with Crippen LogP contribution in [0.1, 0.15) is 142 Å². The highest BCUT2D eigenvalue weighted by atomic mass is 16.5. The number of nitrogens with zero attached hydrogens (tertiary/aromatic N) is 1.